The van der Waals surface area contributed by atoms with Crippen LogP contribution in [0.3, 0.4) is 0 Å². The molecule has 2 rings (SSSR count). The van der Waals surface area contributed by atoms with Gasteiger partial charge in [-0.3, -0.25) is 9.59 Å². The Balaban J connectivity index is 1.97. The molecule has 1 aliphatic carbocycles. The standard InChI is InChI=1S/C17H25N3O2/c1-11(13-5-4-8-16(10-13)20-12(2)21)19-17(22)14-6-3-7-15(18)9-14/h4-5,8,10-11,14-15H,3,6-7,9,18H2,1-2H3,(H,19,22)(H,20,21). The van der Waals surface area contributed by atoms with Crippen LogP contribution < -0.4 is 16.4 Å². The third kappa shape index (κ3) is 4.56. The highest BCUT2D eigenvalue weighted by molar-refractivity contribution is 5.88. The summed E-state index contributed by atoms with van der Waals surface area (Å²) in [5.74, 6) is -0.0117. The molecule has 0 aliphatic heterocycles. The second kappa shape index (κ2) is 7.40. The van der Waals surface area contributed by atoms with E-state index in [1.165, 1.54) is 6.92 Å². The third-order valence-electron chi connectivity index (χ3n) is 4.15. The van der Waals surface area contributed by atoms with E-state index in [0.29, 0.717) is 0 Å². The molecule has 5 nitrogen and oxygen atoms in total. The second-order valence-electron chi connectivity index (χ2n) is 6.16. The van der Waals surface area contributed by atoms with Crippen molar-refractivity contribution < 1.29 is 9.59 Å². The number of carbonyl (C=O) groups excluding carboxylic acids is 2. The molecular weight excluding hydrogens is 278 g/mol. The van der Waals surface area contributed by atoms with Crippen LogP contribution in [0.1, 0.15) is 51.1 Å². The number of amides is 2. The normalized spacial score (nSPS) is 22.7. The highest BCUT2D eigenvalue weighted by Crippen LogP contribution is 2.25. The molecule has 1 fully saturated rings. The summed E-state index contributed by atoms with van der Waals surface area (Å²) in [6.45, 7) is 3.43. The number of hydrogen-bond donors (Lipinski definition) is 3. The van der Waals surface area contributed by atoms with Gasteiger partial charge in [0.15, 0.2) is 0 Å². The van der Waals surface area contributed by atoms with Gasteiger partial charge >= 0.3 is 0 Å². The van der Waals surface area contributed by atoms with Crippen molar-refractivity contribution in [2.24, 2.45) is 11.7 Å². The first-order chi connectivity index (χ1) is 10.5. The largest absolute Gasteiger partial charge is 0.349 e. The number of carbonyl (C=O) groups is 2. The molecule has 120 valence electrons. The van der Waals surface area contributed by atoms with Crippen LogP contribution >= 0.6 is 0 Å². The highest BCUT2D eigenvalue weighted by Gasteiger charge is 2.26. The molecule has 0 radical (unpaired) electrons. The average molecular weight is 303 g/mol. The maximum absolute atomic E-state index is 12.4. The van der Waals surface area contributed by atoms with Crippen LogP contribution in [0.5, 0.6) is 0 Å². The van der Waals surface area contributed by atoms with E-state index < -0.39 is 0 Å². The molecule has 4 N–H and O–H groups in total. The minimum Gasteiger partial charge on any atom is -0.349 e. The number of anilines is 1. The lowest BCUT2D eigenvalue weighted by atomic mass is 9.85. The van der Waals surface area contributed by atoms with Crippen LogP contribution in [-0.2, 0) is 9.59 Å². The van der Waals surface area contributed by atoms with Gasteiger partial charge in [-0.15, -0.1) is 0 Å². The fourth-order valence-electron chi connectivity index (χ4n) is 2.97. The highest BCUT2D eigenvalue weighted by atomic mass is 16.2. The van der Waals surface area contributed by atoms with E-state index >= 15 is 0 Å². The zero-order valence-corrected chi connectivity index (χ0v) is 13.3. The maximum Gasteiger partial charge on any atom is 0.223 e. The minimum absolute atomic E-state index is 0.0183. The lowest BCUT2D eigenvalue weighted by molar-refractivity contribution is -0.126. The SMILES string of the molecule is CC(=O)Nc1cccc(C(C)NC(=O)C2CCCC(N)C2)c1. The van der Waals surface area contributed by atoms with Crippen molar-refractivity contribution in [1.29, 1.82) is 0 Å². The topological polar surface area (TPSA) is 84.2 Å². The van der Waals surface area contributed by atoms with E-state index in [4.69, 9.17) is 5.73 Å². The Kier molecular flexibility index (Phi) is 5.55. The summed E-state index contributed by atoms with van der Waals surface area (Å²) in [7, 11) is 0. The molecule has 0 aromatic heterocycles. The molecule has 0 spiro atoms. The Hall–Kier alpha value is -1.88. The molecule has 3 atom stereocenters. The first-order valence-electron chi connectivity index (χ1n) is 7.89. The first kappa shape index (κ1) is 16.5. The Morgan fingerprint density at radius 3 is 2.77 bits per heavy atom. The van der Waals surface area contributed by atoms with Crippen LogP contribution in [0, 0.1) is 5.92 Å². The lowest BCUT2D eigenvalue weighted by Crippen LogP contribution is -2.38. The predicted molar refractivity (Wildman–Crippen MR) is 87.2 cm³/mol. The molecular formula is C17H25N3O2. The monoisotopic (exact) mass is 303 g/mol. The zero-order valence-electron chi connectivity index (χ0n) is 13.3. The van der Waals surface area contributed by atoms with E-state index in [9.17, 15) is 9.59 Å². The average Bonchev–Trinajstić information content (AvgIpc) is 2.46. The van der Waals surface area contributed by atoms with E-state index in [-0.39, 0.29) is 29.8 Å². The summed E-state index contributed by atoms with van der Waals surface area (Å²) in [4.78, 5) is 23.5. The molecule has 2 amide bonds. The van der Waals surface area contributed by atoms with E-state index in [1.54, 1.807) is 0 Å². The smallest absolute Gasteiger partial charge is 0.223 e. The van der Waals surface area contributed by atoms with Gasteiger partial charge in [0.2, 0.25) is 11.8 Å². The number of nitrogens with two attached hydrogens (primary N) is 1. The predicted octanol–water partition coefficient (Wildman–Crippen LogP) is 2.34. The van der Waals surface area contributed by atoms with Crippen LogP contribution in [0.15, 0.2) is 24.3 Å². The molecule has 1 saturated carbocycles. The summed E-state index contributed by atoms with van der Waals surface area (Å²) < 4.78 is 0. The van der Waals surface area contributed by atoms with Gasteiger partial charge in [-0.2, -0.15) is 0 Å². The molecule has 0 heterocycles. The summed E-state index contributed by atoms with van der Waals surface area (Å²) in [6.07, 6.45) is 3.71. The summed E-state index contributed by atoms with van der Waals surface area (Å²) in [5, 5.41) is 5.81. The second-order valence-corrected chi connectivity index (χ2v) is 6.16. The van der Waals surface area contributed by atoms with Gasteiger partial charge < -0.3 is 16.4 Å². The summed E-state index contributed by atoms with van der Waals surface area (Å²) in [6, 6.07) is 7.59. The molecule has 3 unspecified atom stereocenters. The zero-order chi connectivity index (χ0) is 16.1. The molecule has 1 aromatic carbocycles. The van der Waals surface area contributed by atoms with Crippen molar-refractivity contribution in [3.05, 3.63) is 29.8 Å². The van der Waals surface area contributed by atoms with Gasteiger partial charge in [0.25, 0.3) is 0 Å². The number of nitrogens with one attached hydrogen (secondary N) is 2. The fourth-order valence-corrected chi connectivity index (χ4v) is 2.97. The Bertz CT molecular complexity index is 544. The quantitative estimate of drug-likeness (QED) is 0.798. The Morgan fingerprint density at radius 2 is 2.09 bits per heavy atom. The maximum atomic E-state index is 12.4. The Morgan fingerprint density at radius 1 is 1.32 bits per heavy atom. The fraction of sp³-hybridized carbons (Fsp3) is 0.529. The summed E-state index contributed by atoms with van der Waals surface area (Å²) >= 11 is 0. The van der Waals surface area contributed by atoms with Crippen molar-refractivity contribution in [2.75, 3.05) is 5.32 Å². The van der Waals surface area contributed by atoms with Gasteiger partial charge in [-0.1, -0.05) is 18.6 Å². The van der Waals surface area contributed by atoms with Crippen LogP contribution in [0.25, 0.3) is 0 Å². The van der Waals surface area contributed by atoms with Crippen LogP contribution in [0.4, 0.5) is 5.69 Å². The van der Waals surface area contributed by atoms with Crippen molar-refractivity contribution in [3.63, 3.8) is 0 Å². The van der Waals surface area contributed by atoms with Gasteiger partial charge in [0.1, 0.15) is 0 Å². The summed E-state index contributed by atoms with van der Waals surface area (Å²) in [5.41, 5.74) is 7.66. The molecule has 0 bridgehead atoms. The molecule has 5 heteroatoms. The van der Waals surface area contributed by atoms with Crippen LogP contribution in [0.2, 0.25) is 0 Å². The van der Waals surface area contributed by atoms with Gasteiger partial charge in [0.05, 0.1) is 6.04 Å². The first-order valence-corrected chi connectivity index (χ1v) is 7.89. The van der Waals surface area contributed by atoms with E-state index in [0.717, 1.165) is 36.9 Å². The number of benzene rings is 1. The molecule has 1 aromatic rings. The third-order valence-corrected chi connectivity index (χ3v) is 4.15. The molecule has 1 aliphatic rings. The molecule has 0 saturated heterocycles. The molecule has 22 heavy (non-hydrogen) atoms. The van der Waals surface area contributed by atoms with Crippen LogP contribution in [-0.4, -0.2) is 17.9 Å². The number of rotatable bonds is 4. The lowest BCUT2D eigenvalue weighted by Gasteiger charge is -2.27. The minimum atomic E-state index is -0.106. The van der Waals surface area contributed by atoms with Crippen molar-refractivity contribution >= 4 is 17.5 Å². The van der Waals surface area contributed by atoms with Gasteiger partial charge in [-0.05, 0) is 43.9 Å². The number of hydrogen-bond acceptors (Lipinski definition) is 3. The van der Waals surface area contributed by atoms with Crippen molar-refractivity contribution in [3.8, 4) is 0 Å². The van der Waals surface area contributed by atoms with Crippen molar-refractivity contribution in [2.45, 2.75) is 51.6 Å². The van der Waals surface area contributed by atoms with E-state index in [1.807, 2.05) is 31.2 Å². The van der Waals surface area contributed by atoms with Crippen molar-refractivity contribution in [1.82, 2.24) is 5.32 Å². The van der Waals surface area contributed by atoms with Gasteiger partial charge in [0, 0.05) is 24.6 Å². The Labute approximate surface area is 131 Å². The van der Waals surface area contributed by atoms with E-state index in [2.05, 4.69) is 10.6 Å². The van der Waals surface area contributed by atoms with Gasteiger partial charge in [-0.25, -0.2) is 0 Å².